The van der Waals surface area contributed by atoms with E-state index in [2.05, 4.69) is 74.9 Å². The highest BCUT2D eigenvalue weighted by Gasteiger charge is 2.49. The van der Waals surface area contributed by atoms with E-state index >= 15 is 0 Å². The van der Waals surface area contributed by atoms with Crippen LogP contribution in [0.25, 0.3) is 0 Å². The summed E-state index contributed by atoms with van der Waals surface area (Å²) in [6, 6.07) is 11.8. The molecule has 7 amide bonds. The summed E-state index contributed by atoms with van der Waals surface area (Å²) in [6.45, 7) is 27.5. The third kappa shape index (κ3) is 18.1. The summed E-state index contributed by atoms with van der Waals surface area (Å²) in [7, 11) is 1.68. The van der Waals surface area contributed by atoms with Gasteiger partial charge in [-0.15, -0.1) is 0 Å². The minimum atomic E-state index is -2.28. The molecule has 0 bridgehead atoms. The van der Waals surface area contributed by atoms with Crippen molar-refractivity contribution >= 4 is 73.3 Å². The number of ether oxygens (including phenoxy) is 9. The third-order valence-corrected chi connectivity index (χ3v) is 21.9. The van der Waals surface area contributed by atoms with Crippen molar-refractivity contribution < 1.29 is 90.5 Å². The van der Waals surface area contributed by atoms with Crippen molar-refractivity contribution in [2.24, 2.45) is 5.92 Å². The summed E-state index contributed by atoms with van der Waals surface area (Å²) in [6.07, 6.45) is -0.742. The molecule has 0 spiro atoms. The van der Waals surface area contributed by atoms with Crippen molar-refractivity contribution in [3.63, 3.8) is 0 Å². The Labute approximate surface area is 565 Å². The van der Waals surface area contributed by atoms with Gasteiger partial charge in [-0.25, -0.2) is 24.1 Å². The van der Waals surface area contributed by atoms with Crippen LogP contribution in [0.1, 0.15) is 122 Å². The van der Waals surface area contributed by atoms with Gasteiger partial charge in [-0.3, -0.25) is 29.5 Å². The Morgan fingerprint density at radius 3 is 2.06 bits per heavy atom. The standard InChI is InChI=1S/C69H88N8O19Si/c1-15-23-91-67(84)74-59(39(2)3)61(79)70-42(6)60(78)72-45-21-19-43(20-22-45)35-94-66(83)73-51-31-56(54(87-10)29-49(51)62(80)75-33-40(4)25-48(75)38-95-97(13,14)69(7,8)9)92-36-46-27-44(65(82)89-12)28-47(71-46)37-93-57-32-52-50(30-55(57)88-11)63(81)76-34-41(5)26-53(76)64(77(52)68(85)86)96-58-18-16-17-24-90-58/h15,19-22,27-32,39,42,48,53,58-59,64H,1,4-5,16-18,23-26,33-38H2,2-3,6-14H3,(H,70,79)(H,72,78)(H,73,83)(H,74,84)(H,85,86)/t42-,48-,53-,58?,59-,64-/m0/s1. The van der Waals surface area contributed by atoms with Crippen molar-refractivity contribution in [3.05, 3.63) is 131 Å². The van der Waals surface area contributed by atoms with Crippen LogP contribution in [0.2, 0.25) is 18.1 Å². The third-order valence-electron chi connectivity index (χ3n) is 17.4. The summed E-state index contributed by atoms with van der Waals surface area (Å²) in [5.74, 6) is -2.91. The zero-order valence-electron chi connectivity index (χ0n) is 56.8. The van der Waals surface area contributed by atoms with E-state index in [4.69, 9.17) is 52.0 Å². The average Bonchev–Trinajstić information content (AvgIpc) is 1.78. The number of fused-ring (bicyclic) bond motifs is 2. The van der Waals surface area contributed by atoms with Gasteiger partial charge < -0.3 is 77.9 Å². The van der Waals surface area contributed by atoms with Gasteiger partial charge in [-0.05, 0) is 105 Å². The molecule has 4 aliphatic heterocycles. The van der Waals surface area contributed by atoms with Gasteiger partial charge in [0.25, 0.3) is 11.8 Å². The van der Waals surface area contributed by atoms with E-state index in [0.717, 1.165) is 28.9 Å². The minimum Gasteiger partial charge on any atom is -0.493 e. The van der Waals surface area contributed by atoms with E-state index in [1.54, 1.807) is 47.9 Å². The Kier molecular flexibility index (Phi) is 24.2. The maximum absolute atomic E-state index is 15.0. The highest BCUT2D eigenvalue weighted by Crippen LogP contribution is 2.44. The number of anilines is 3. The maximum Gasteiger partial charge on any atom is 0.414 e. The van der Waals surface area contributed by atoms with Gasteiger partial charge >= 0.3 is 24.2 Å². The van der Waals surface area contributed by atoms with Gasteiger partial charge in [-0.2, -0.15) is 0 Å². The molecule has 97 heavy (non-hydrogen) atoms. The number of amides is 7. The predicted octanol–water partition coefficient (Wildman–Crippen LogP) is 10.1. The molecule has 4 aliphatic rings. The number of aromatic nitrogens is 1. The zero-order chi connectivity index (χ0) is 70.6. The van der Waals surface area contributed by atoms with Crippen molar-refractivity contribution in [1.29, 1.82) is 0 Å². The van der Waals surface area contributed by atoms with Crippen LogP contribution in [-0.2, 0) is 57.5 Å². The highest BCUT2D eigenvalue weighted by atomic mass is 28.4. The lowest BCUT2D eigenvalue weighted by Crippen LogP contribution is -2.53. The molecule has 522 valence electrons. The summed E-state index contributed by atoms with van der Waals surface area (Å²) in [5.41, 5.74) is 2.84. The highest BCUT2D eigenvalue weighted by molar-refractivity contribution is 6.74. The van der Waals surface area contributed by atoms with Crippen LogP contribution in [0.15, 0.2) is 97.6 Å². The van der Waals surface area contributed by atoms with E-state index < -0.39 is 92.9 Å². The monoisotopic (exact) mass is 1360 g/mol. The number of esters is 1. The smallest absolute Gasteiger partial charge is 0.414 e. The van der Waals surface area contributed by atoms with Crippen molar-refractivity contribution in [1.82, 2.24) is 25.4 Å². The summed E-state index contributed by atoms with van der Waals surface area (Å²) in [4.78, 5) is 118. The largest absolute Gasteiger partial charge is 0.493 e. The molecule has 0 saturated carbocycles. The van der Waals surface area contributed by atoms with E-state index in [1.165, 1.54) is 70.7 Å². The zero-order valence-corrected chi connectivity index (χ0v) is 57.8. The second-order valence-corrected chi connectivity index (χ2v) is 30.7. The number of nitrogens with one attached hydrogen (secondary N) is 4. The molecule has 0 radical (unpaired) electrons. The van der Waals surface area contributed by atoms with Gasteiger partial charge in [0.15, 0.2) is 43.8 Å². The van der Waals surface area contributed by atoms with Gasteiger partial charge in [0, 0.05) is 37.5 Å². The molecule has 6 atom stereocenters. The van der Waals surface area contributed by atoms with Crippen LogP contribution < -0.4 is 45.1 Å². The first-order valence-electron chi connectivity index (χ1n) is 31.9. The molecule has 3 saturated heterocycles. The van der Waals surface area contributed by atoms with Crippen LogP contribution >= 0.6 is 0 Å². The summed E-state index contributed by atoms with van der Waals surface area (Å²) < 4.78 is 59.0. The van der Waals surface area contributed by atoms with E-state index in [0.29, 0.717) is 37.1 Å². The summed E-state index contributed by atoms with van der Waals surface area (Å²) in [5, 5.41) is 21.4. The quantitative estimate of drug-likeness (QED) is 0.0169. The molecule has 3 aromatic carbocycles. The molecular weight excluding hydrogens is 1270 g/mol. The average molecular weight is 1360 g/mol. The second-order valence-electron chi connectivity index (χ2n) is 25.9. The van der Waals surface area contributed by atoms with E-state index in [9.17, 15) is 43.5 Å². The first kappa shape index (κ1) is 73.3. The number of alkyl carbamates (subject to hydrolysis) is 1. The number of rotatable bonds is 26. The minimum absolute atomic E-state index is 0.0163. The number of carboxylic acid groups (broad SMARTS) is 1. The lowest BCUT2D eigenvalue weighted by molar-refractivity contribution is -0.195. The number of pyridine rings is 1. The molecule has 5 heterocycles. The van der Waals surface area contributed by atoms with Crippen molar-refractivity contribution in [2.45, 2.75) is 148 Å². The fourth-order valence-corrected chi connectivity index (χ4v) is 12.2. The molecule has 27 nitrogen and oxygen atoms in total. The first-order chi connectivity index (χ1) is 46.0. The molecule has 8 rings (SSSR count). The van der Waals surface area contributed by atoms with Crippen molar-refractivity contribution in [3.8, 4) is 23.0 Å². The molecule has 28 heteroatoms. The Hall–Kier alpha value is -9.51. The molecule has 3 fully saturated rings. The molecular formula is C69H88N8O19Si. The Morgan fingerprint density at radius 2 is 1.45 bits per heavy atom. The number of carbonyl (C=O) groups excluding carboxylic acids is 7. The number of hydrogen-bond acceptors (Lipinski definition) is 19. The first-order valence-corrected chi connectivity index (χ1v) is 34.8. The maximum atomic E-state index is 15.0. The van der Waals surface area contributed by atoms with Crippen LogP contribution in [0.5, 0.6) is 23.0 Å². The Bertz CT molecular complexity index is 3640. The van der Waals surface area contributed by atoms with Crippen LogP contribution in [0.3, 0.4) is 0 Å². The number of carbonyl (C=O) groups is 8. The normalized spacial score (nSPS) is 18.4. The van der Waals surface area contributed by atoms with Crippen LogP contribution in [0.4, 0.5) is 31.4 Å². The molecule has 1 unspecified atom stereocenters. The van der Waals surface area contributed by atoms with Gasteiger partial charge in [0.1, 0.15) is 38.5 Å². The number of nitrogens with zero attached hydrogens (tertiary/aromatic N) is 4. The SMILES string of the molecule is C=CCOC(=O)N[C@H](C(=O)N[C@@H](C)C(=O)Nc1ccc(COC(=O)Nc2cc(OCc3cc(C(=O)OC)cc(COc4cc5c(cc4OC)C(=O)N4CC(=C)C[C@H]4[C@H](OC4CCCCO4)N5C(=O)O)n3)c(OC)cc2C(=O)N2CC(=C)C[C@H]2CO[Si](C)(C)C(C)(C)C)cc1)C(C)C. The summed E-state index contributed by atoms with van der Waals surface area (Å²) >= 11 is 0. The molecule has 4 aromatic rings. The predicted molar refractivity (Wildman–Crippen MR) is 359 cm³/mol. The number of benzene rings is 3. The number of methoxy groups -OCH3 is 3. The van der Waals surface area contributed by atoms with E-state index in [-0.39, 0.29) is 120 Å². The van der Waals surface area contributed by atoms with Gasteiger partial charge in [-0.1, -0.05) is 83.7 Å². The van der Waals surface area contributed by atoms with Crippen molar-refractivity contribution in [2.75, 3.05) is 69.8 Å². The van der Waals surface area contributed by atoms with E-state index in [1.807, 2.05) is 0 Å². The molecule has 1 aromatic heterocycles. The number of likely N-dealkylation sites (tertiary alicyclic amines) is 1. The Balaban J connectivity index is 1.03. The number of hydrogen-bond donors (Lipinski definition) is 5. The molecule has 0 aliphatic carbocycles. The second kappa shape index (κ2) is 32.0. The van der Waals surface area contributed by atoms with Crippen LogP contribution in [-0.4, -0.2) is 167 Å². The lowest BCUT2D eigenvalue weighted by atomic mass is 10.0. The van der Waals surface area contributed by atoms with Gasteiger partial charge in [0.2, 0.25) is 11.8 Å². The topological polar surface area (TPSA) is 320 Å². The Morgan fingerprint density at radius 1 is 0.794 bits per heavy atom. The van der Waals surface area contributed by atoms with Gasteiger partial charge in [0.05, 0.1) is 79.5 Å². The fraction of sp³-hybridized carbons (Fsp3) is 0.464. The molecule has 5 N–H and O–H groups in total. The fourth-order valence-electron chi connectivity index (χ4n) is 11.1. The lowest BCUT2D eigenvalue weighted by Gasteiger charge is -2.38. The van der Waals surface area contributed by atoms with Crippen LogP contribution in [0, 0.1) is 5.92 Å².